The van der Waals surface area contributed by atoms with Gasteiger partial charge in [-0.1, -0.05) is 23.7 Å². The van der Waals surface area contributed by atoms with Gasteiger partial charge in [0.2, 0.25) is 0 Å². The molecule has 138 valence electrons. The van der Waals surface area contributed by atoms with Crippen molar-refractivity contribution in [3.8, 4) is 0 Å². The number of nitrogens with one attached hydrogen (secondary N) is 3. The molecule has 0 radical (unpaired) electrons. The quantitative estimate of drug-likeness (QED) is 0.511. The van der Waals surface area contributed by atoms with Gasteiger partial charge in [-0.3, -0.25) is 0 Å². The molecule has 0 aliphatic rings. The van der Waals surface area contributed by atoms with Crippen molar-refractivity contribution in [2.24, 2.45) is 0 Å². The Bertz CT molecular complexity index is 932. The lowest BCUT2D eigenvalue weighted by molar-refractivity contribution is 0.262. The number of aromatic nitrogens is 1. The number of urea groups is 1. The van der Waals surface area contributed by atoms with E-state index in [1.165, 1.54) is 12.1 Å². The lowest BCUT2D eigenvalue weighted by Gasteiger charge is -2.11. The third-order valence-corrected chi connectivity index (χ3v) is 3.91. The van der Waals surface area contributed by atoms with Crippen LogP contribution < -0.4 is 21.7 Å². The van der Waals surface area contributed by atoms with Gasteiger partial charge in [0.1, 0.15) is 17.5 Å². The van der Waals surface area contributed by atoms with Crippen molar-refractivity contribution in [1.29, 1.82) is 0 Å². The van der Waals surface area contributed by atoms with Gasteiger partial charge in [0, 0.05) is 17.3 Å². The average molecular weight is 386 g/mol. The van der Waals surface area contributed by atoms with Crippen molar-refractivity contribution in [3.05, 3.63) is 77.1 Å². The maximum Gasteiger partial charge on any atom is 0.323 e. The number of hydrogen-bond donors (Lipinski definition) is 4. The van der Waals surface area contributed by atoms with Crippen LogP contribution in [0.1, 0.15) is 5.56 Å². The molecule has 0 aliphatic heterocycles. The number of hydrogen-bond acceptors (Lipinski definition) is 4. The minimum Gasteiger partial charge on any atom is -0.382 e. The molecule has 0 atom stereocenters. The van der Waals surface area contributed by atoms with E-state index in [2.05, 4.69) is 20.9 Å². The minimum atomic E-state index is -0.446. The molecule has 0 unspecified atom stereocenters. The second-order valence-corrected chi connectivity index (χ2v) is 6.13. The van der Waals surface area contributed by atoms with Crippen LogP contribution in [0, 0.1) is 5.82 Å². The lowest BCUT2D eigenvalue weighted by atomic mass is 10.2. The Kier molecular flexibility index (Phi) is 5.73. The predicted octanol–water partition coefficient (Wildman–Crippen LogP) is 4.71. The molecule has 3 rings (SSSR count). The van der Waals surface area contributed by atoms with Crippen LogP contribution in [0.25, 0.3) is 0 Å². The number of nitrogens with two attached hydrogens (primary N) is 1. The van der Waals surface area contributed by atoms with E-state index in [4.69, 9.17) is 17.3 Å². The molecular weight excluding hydrogens is 369 g/mol. The molecule has 1 heterocycles. The summed E-state index contributed by atoms with van der Waals surface area (Å²) in [5.74, 6) is 0.430. The predicted molar refractivity (Wildman–Crippen MR) is 106 cm³/mol. The summed E-state index contributed by atoms with van der Waals surface area (Å²) in [5.41, 5.74) is 7.80. The molecule has 27 heavy (non-hydrogen) atoms. The highest BCUT2D eigenvalue weighted by atomic mass is 35.5. The van der Waals surface area contributed by atoms with Crippen molar-refractivity contribution >= 4 is 40.6 Å². The van der Waals surface area contributed by atoms with E-state index in [0.717, 1.165) is 5.56 Å². The van der Waals surface area contributed by atoms with Gasteiger partial charge in [-0.05, 0) is 54.1 Å². The van der Waals surface area contributed by atoms with E-state index in [1.807, 2.05) is 0 Å². The number of nitrogen functional groups attached to an aromatic ring is 1. The zero-order valence-corrected chi connectivity index (χ0v) is 14.9. The molecular formula is C19H17ClFN5O. The molecule has 5 N–H and O–H groups in total. The third-order valence-electron chi connectivity index (χ3n) is 3.66. The molecule has 0 aliphatic carbocycles. The molecule has 3 aromatic rings. The van der Waals surface area contributed by atoms with Gasteiger partial charge in [-0.25, -0.2) is 14.2 Å². The largest absolute Gasteiger partial charge is 0.382 e. The number of amides is 2. The molecule has 0 bridgehead atoms. The summed E-state index contributed by atoms with van der Waals surface area (Å²) in [6.07, 6.45) is 0. The second-order valence-electron chi connectivity index (χ2n) is 5.70. The van der Waals surface area contributed by atoms with Crippen LogP contribution >= 0.6 is 11.6 Å². The summed E-state index contributed by atoms with van der Waals surface area (Å²) in [4.78, 5) is 16.3. The van der Waals surface area contributed by atoms with E-state index in [0.29, 0.717) is 28.8 Å². The van der Waals surface area contributed by atoms with Crippen molar-refractivity contribution in [2.45, 2.75) is 6.54 Å². The summed E-state index contributed by atoms with van der Waals surface area (Å²) >= 11 is 5.81. The Morgan fingerprint density at radius 3 is 2.37 bits per heavy atom. The van der Waals surface area contributed by atoms with Crippen molar-refractivity contribution in [3.63, 3.8) is 0 Å². The number of nitrogens with zero attached hydrogens (tertiary/aromatic N) is 1. The Labute approximate surface area is 160 Å². The fourth-order valence-corrected chi connectivity index (χ4v) is 2.42. The summed E-state index contributed by atoms with van der Waals surface area (Å²) in [6.45, 7) is 0.469. The highest BCUT2D eigenvalue weighted by Crippen LogP contribution is 2.20. The Morgan fingerprint density at radius 2 is 1.70 bits per heavy atom. The molecule has 0 spiro atoms. The Morgan fingerprint density at radius 1 is 1.00 bits per heavy atom. The molecule has 0 saturated carbocycles. The smallest absolute Gasteiger partial charge is 0.323 e. The zero-order valence-electron chi connectivity index (χ0n) is 14.2. The summed E-state index contributed by atoms with van der Waals surface area (Å²) < 4.78 is 12.9. The van der Waals surface area contributed by atoms with Gasteiger partial charge in [0.25, 0.3) is 0 Å². The first kappa shape index (κ1) is 18.5. The molecule has 0 saturated heterocycles. The number of pyridine rings is 1. The fourth-order valence-electron chi connectivity index (χ4n) is 2.29. The van der Waals surface area contributed by atoms with Crippen LogP contribution in [0.3, 0.4) is 0 Å². The SMILES string of the molecule is Nc1nc(NCc2ccc(F)cc2)ccc1NC(=O)Nc1ccc(Cl)cc1. The molecule has 0 fully saturated rings. The van der Waals surface area contributed by atoms with E-state index >= 15 is 0 Å². The monoisotopic (exact) mass is 385 g/mol. The van der Waals surface area contributed by atoms with Crippen LogP contribution in [-0.2, 0) is 6.54 Å². The molecule has 1 aromatic heterocycles. The number of benzene rings is 2. The van der Waals surface area contributed by atoms with Crippen LogP contribution in [0.2, 0.25) is 5.02 Å². The number of carbonyl (C=O) groups is 1. The van der Waals surface area contributed by atoms with Crippen molar-refractivity contribution < 1.29 is 9.18 Å². The van der Waals surface area contributed by atoms with Crippen LogP contribution in [-0.4, -0.2) is 11.0 Å². The normalized spacial score (nSPS) is 10.3. The minimum absolute atomic E-state index is 0.172. The maximum atomic E-state index is 12.9. The Balaban J connectivity index is 1.58. The summed E-state index contributed by atoms with van der Waals surface area (Å²) in [7, 11) is 0. The van der Waals surface area contributed by atoms with Crippen molar-refractivity contribution in [2.75, 3.05) is 21.7 Å². The number of anilines is 4. The van der Waals surface area contributed by atoms with E-state index in [9.17, 15) is 9.18 Å². The fraction of sp³-hybridized carbons (Fsp3) is 0.0526. The van der Waals surface area contributed by atoms with Gasteiger partial charge in [0.05, 0.1) is 5.69 Å². The van der Waals surface area contributed by atoms with Crippen LogP contribution in [0.15, 0.2) is 60.7 Å². The van der Waals surface area contributed by atoms with Crippen LogP contribution in [0.5, 0.6) is 0 Å². The van der Waals surface area contributed by atoms with Crippen molar-refractivity contribution in [1.82, 2.24) is 4.98 Å². The standard InChI is InChI=1S/C19H17ClFN5O/c20-13-3-7-15(8-4-13)24-19(27)25-16-9-10-17(26-18(16)22)23-11-12-1-5-14(21)6-2-12/h1-10H,11H2,(H3,22,23,26)(H2,24,25,27). The zero-order chi connectivity index (χ0) is 19.2. The molecule has 2 aromatic carbocycles. The van der Waals surface area contributed by atoms with E-state index in [-0.39, 0.29) is 11.6 Å². The highest BCUT2D eigenvalue weighted by Gasteiger charge is 2.08. The topological polar surface area (TPSA) is 92.1 Å². The van der Waals surface area contributed by atoms with E-state index < -0.39 is 6.03 Å². The second kappa shape index (κ2) is 8.37. The van der Waals surface area contributed by atoms with Gasteiger partial charge < -0.3 is 21.7 Å². The van der Waals surface area contributed by atoms with Gasteiger partial charge in [0.15, 0.2) is 0 Å². The highest BCUT2D eigenvalue weighted by molar-refractivity contribution is 6.30. The summed E-state index contributed by atoms with van der Waals surface area (Å²) in [5, 5.41) is 8.99. The Hall–Kier alpha value is -3.32. The first-order valence-corrected chi connectivity index (χ1v) is 8.46. The number of halogens is 2. The van der Waals surface area contributed by atoms with Crippen LogP contribution in [0.4, 0.5) is 32.2 Å². The first-order chi connectivity index (χ1) is 13.0. The third kappa shape index (κ3) is 5.32. The number of carbonyl (C=O) groups excluding carboxylic acids is 1. The molecule has 2 amide bonds. The lowest BCUT2D eigenvalue weighted by Crippen LogP contribution is -2.20. The molecule has 6 nitrogen and oxygen atoms in total. The first-order valence-electron chi connectivity index (χ1n) is 8.08. The van der Waals surface area contributed by atoms with Gasteiger partial charge >= 0.3 is 6.03 Å². The summed E-state index contributed by atoms with van der Waals surface area (Å²) in [6, 6.07) is 15.8. The van der Waals surface area contributed by atoms with Gasteiger partial charge in [-0.2, -0.15) is 0 Å². The van der Waals surface area contributed by atoms with Gasteiger partial charge in [-0.15, -0.1) is 0 Å². The molecule has 8 heteroatoms. The maximum absolute atomic E-state index is 12.9. The van der Waals surface area contributed by atoms with E-state index in [1.54, 1.807) is 48.5 Å². The average Bonchev–Trinajstić information content (AvgIpc) is 2.65. The number of rotatable bonds is 5.